The smallest absolute Gasteiger partial charge is 0.406 e. The van der Waals surface area contributed by atoms with Crippen LogP contribution in [0.2, 0.25) is 0 Å². The number of unbranched alkanes of at least 4 members (excludes halogenated alkanes) is 1. The molecule has 2 rings (SSSR count). The monoisotopic (exact) mass is 417 g/mol. The predicted molar refractivity (Wildman–Crippen MR) is 91.6 cm³/mol. The summed E-state index contributed by atoms with van der Waals surface area (Å²) in [5.41, 5.74) is 0. The van der Waals surface area contributed by atoms with Crippen molar-refractivity contribution in [2.24, 2.45) is 0 Å². The number of quaternary nitrogens is 1. The van der Waals surface area contributed by atoms with Gasteiger partial charge in [-0.05, 0) is 30.3 Å². The minimum atomic E-state index is -6.43. The predicted octanol–water partition coefficient (Wildman–Crippen LogP) is 2.97. The van der Waals surface area contributed by atoms with E-state index in [1.165, 1.54) is 63.5 Å². The third-order valence-electron chi connectivity index (χ3n) is 3.84. The largest absolute Gasteiger partial charge is 0.743 e. The lowest BCUT2D eigenvalue weighted by molar-refractivity contribution is -0.887. The molecule has 26 heavy (non-hydrogen) atoms. The Hall–Kier alpha value is -0.840. The number of rotatable bonds is 7. The van der Waals surface area contributed by atoms with E-state index in [0.717, 1.165) is 12.1 Å². The highest BCUT2D eigenvalue weighted by Gasteiger charge is 2.62. The molecule has 1 N–H and O–H groups in total. The van der Waals surface area contributed by atoms with Crippen LogP contribution < -0.4 is 4.90 Å². The molecule has 1 aliphatic heterocycles. The molecule has 1 saturated heterocycles. The summed E-state index contributed by atoms with van der Waals surface area (Å²) in [6.45, 7) is 6.59. The summed E-state index contributed by atoms with van der Waals surface area (Å²) in [4.78, 5) is 1.57. The zero-order valence-corrected chi connectivity index (χ0v) is 16.0. The minimum Gasteiger partial charge on any atom is -0.743 e. The first-order valence-electron chi connectivity index (χ1n) is 8.30. The molecule has 0 amide bonds. The summed E-state index contributed by atoms with van der Waals surface area (Å²) < 4.78 is 81.8. The Morgan fingerprint density at radius 1 is 1.12 bits per heavy atom. The van der Waals surface area contributed by atoms with Gasteiger partial charge in [0, 0.05) is 17.7 Å². The topological polar surface area (TPSA) is 61.6 Å². The average molecular weight is 417 g/mol. The lowest BCUT2D eigenvalue weighted by atomic mass is 10.3. The normalized spacial score (nSPS) is 16.2. The Kier molecular flexibility index (Phi) is 8.84. The van der Waals surface area contributed by atoms with Gasteiger partial charge in [-0.1, -0.05) is 31.5 Å². The van der Waals surface area contributed by atoms with Gasteiger partial charge >= 0.3 is 10.5 Å². The second-order valence-electron chi connectivity index (χ2n) is 5.96. The van der Waals surface area contributed by atoms with Crippen molar-refractivity contribution in [1.82, 2.24) is 0 Å². The number of thioether (sulfide) groups is 1. The SMILES string of the molecule is CCCC[NH+]1CCCC1.O=S(=O)([O-])C(F)(F)C(F)(F)Sc1ccccc1. The molecule has 0 unspecified atom stereocenters. The minimum absolute atomic E-state index is 0.277. The molecule has 0 radical (unpaired) electrons. The first kappa shape index (κ1) is 23.2. The lowest BCUT2D eigenvalue weighted by Crippen LogP contribution is -3.09. The van der Waals surface area contributed by atoms with Crippen LogP contribution in [0.3, 0.4) is 0 Å². The van der Waals surface area contributed by atoms with Gasteiger partial charge in [-0.3, -0.25) is 0 Å². The zero-order chi connectivity index (χ0) is 19.8. The summed E-state index contributed by atoms with van der Waals surface area (Å²) in [7, 11) is -6.43. The molecule has 0 atom stereocenters. The highest BCUT2D eigenvalue weighted by Crippen LogP contribution is 2.48. The molecule has 1 aromatic rings. The highest BCUT2D eigenvalue weighted by atomic mass is 32.2. The van der Waals surface area contributed by atoms with Gasteiger partial charge in [-0.25, -0.2) is 8.42 Å². The van der Waals surface area contributed by atoms with Gasteiger partial charge < -0.3 is 9.45 Å². The molecule has 1 fully saturated rings. The van der Waals surface area contributed by atoms with Gasteiger partial charge in [-0.15, -0.1) is 0 Å². The van der Waals surface area contributed by atoms with Crippen molar-refractivity contribution in [3.8, 4) is 0 Å². The Labute approximate surface area is 155 Å². The van der Waals surface area contributed by atoms with E-state index >= 15 is 0 Å². The van der Waals surface area contributed by atoms with Crippen molar-refractivity contribution in [1.29, 1.82) is 0 Å². The number of benzene rings is 1. The quantitative estimate of drug-likeness (QED) is 0.421. The van der Waals surface area contributed by atoms with Crippen LogP contribution in [0.25, 0.3) is 0 Å². The van der Waals surface area contributed by atoms with Crippen LogP contribution in [0.15, 0.2) is 35.2 Å². The molecular weight excluding hydrogens is 394 g/mol. The molecule has 0 saturated carbocycles. The van der Waals surface area contributed by atoms with E-state index in [4.69, 9.17) is 0 Å². The van der Waals surface area contributed by atoms with E-state index in [1.807, 2.05) is 4.90 Å². The van der Waals surface area contributed by atoms with Gasteiger partial charge in [0.25, 0.3) is 0 Å². The molecular formula is C16H23F4NO3S2. The standard InChI is InChI=1S/C8H6F4O3S2.C8H17N/c9-7(10,8(11,12)17(13,14)15)16-6-4-2-1-3-5-6;1-2-3-6-9-7-4-5-8-9/h1-5H,(H,13,14,15);2-8H2,1H3. The molecule has 1 aliphatic rings. The van der Waals surface area contributed by atoms with Gasteiger partial charge in [0.1, 0.15) is 0 Å². The third kappa shape index (κ3) is 6.71. The number of nitrogens with one attached hydrogen (secondary N) is 1. The van der Waals surface area contributed by atoms with E-state index in [0.29, 0.717) is 0 Å². The van der Waals surface area contributed by atoms with Gasteiger partial charge in [0.05, 0.1) is 19.6 Å². The molecule has 0 aliphatic carbocycles. The Morgan fingerprint density at radius 2 is 1.65 bits per heavy atom. The van der Waals surface area contributed by atoms with Crippen molar-refractivity contribution in [3.05, 3.63) is 30.3 Å². The second-order valence-corrected chi connectivity index (χ2v) is 8.57. The maximum Gasteiger partial charge on any atom is 0.406 e. The maximum atomic E-state index is 13.0. The van der Waals surface area contributed by atoms with Gasteiger partial charge in [0.15, 0.2) is 10.1 Å². The molecule has 0 aromatic heterocycles. The number of hydrogen-bond donors (Lipinski definition) is 1. The average Bonchev–Trinajstić information content (AvgIpc) is 3.06. The molecule has 10 heteroatoms. The lowest BCUT2D eigenvalue weighted by Gasteiger charge is -2.27. The molecule has 0 spiro atoms. The first-order valence-corrected chi connectivity index (χ1v) is 10.5. The van der Waals surface area contributed by atoms with Crippen LogP contribution in [-0.2, 0) is 10.1 Å². The zero-order valence-electron chi connectivity index (χ0n) is 14.4. The van der Waals surface area contributed by atoms with Crippen molar-refractivity contribution >= 4 is 21.9 Å². The highest BCUT2D eigenvalue weighted by molar-refractivity contribution is 8.01. The summed E-state index contributed by atoms with van der Waals surface area (Å²) in [6, 6.07) is 6.26. The van der Waals surface area contributed by atoms with Crippen LogP contribution in [0.4, 0.5) is 17.6 Å². The van der Waals surface area contributed by atoms with E-state index in [9.17, 15) is 30.5 Å². The number of hydrogen-bond acceptors (Lipinski definition) is 4. The number of likely N-dealkylation sites (tertiary alicyclic amines) is 1. The molecule has 150 valence electrons. The van der Waals surface area contributed by atoms with E-state index in [1.54, 1.807) is 0 Å². The van der Waals surface area contributed by atoms with Crippen LogP contribution in [0.1, 0.15) is 32.6 Å². The maximum absolute atomic E-state index is 13.0. The second kappa shape index (κ2) is 9.91. The van der Waals surface area contributed by atoms with E-state index in [2.05, 4.69) is 6.92 Å². The Morgan fingerprint density at radius 3 is 2.12 bits per heavy atom. The fourth-order valence-corrected chi connectivity index (χ4v) is 3.82. The molecule has 1 heterocycles. The molecule has 1 aromatic carbocycles. The number of halogens is 4. The fraction of sp³-hybridized carbons (Fsp3) is 0.625. The van der Waals surface area contributed by atoms with Crippen LogP contribution in [0.5, 0.6) is 0 Å². The summed E-state index contributed by atoms with van der Waals surface area (Å²) in [6.07, 6.45) is 5.73. The van der Waals surface area contributed by atoms with E-state index < -0.39 is 32.4 Å². The number of alkyl halides is 4. The summed E-state index contributed by atoms with van der Waals surface area (Å²) >= 11 is -0.683. The van der Waals surface area contributed by atoms with Gasteiger partial charge in [-0.2, -0.15) is 17.6 Å². The van der Waals surface area contributed by atoms with Gasteiger partial charge in [0.2, 0.25) is 0 Å². The summed E-state index contributed by atoms with van der Waals surface area (Å²) in [5, 5.41) is -10.7. The molecule has 4 nitrogen and oxygen atoms in total. The van der Waals surface area contributed by atoms with Crippen molar-refractivity contribution in [3.63, 3.8) is 0 Å². The van der Waals surface area contributed by atoms with E-state index in [-0.39, 0.29) is 4.90 Å². The van der Waals surface area contributed by atoms with Crippen molar-refractivity contribution in [2.75, 3.05) is 19.6 Å². The summed E-state index contributed by atoms with van der Waals surface area (Å²) in [5.74, 6) is 0. The fourth-order valence-electron chi connectivity index (χ4n) is 2.39. The Bertz CT molecular complexity index is 636. The van der Waals surface area contributed by atoms with Crippen LogP contribution in [-0.4, -0.2) is 43.1 Å². The molecule has 0 bridgehead atoms. The third-order valence-corrected chi connectivity index (χ3v) is 5.87. The van der Waals surface area contributed by atoms with Crippen molar-refractivity contribution < 1.29 is 35.4 Å². The van der Waals surface area contributed by atoms with Crippen LogP contribution in [0, 0.1) is 0 Å². The Balaban J connectivity index is 0.000000314. The first-order chi connectivity index (χ1) is 12.0. The van der Waals surface area contributed by atoms with Crippen molar-refractivity contribution in [2.45, 2.75) is 48.0 Å². The van der Waals surface area contributed by atoms with Crippen LogP contribution >= 0.6 is 11.8 Å².